The zero-order valence-electron chi connectivity index (χ0n) is 9.30. The second-order valence-electron chi connectivity index (χ2n) is 3.14. The van der Waals surface area contributed by atoms with Crippen molar-refractivity contribution in [2.24, 2.45) is 0 Å². The molecule has 0 spiro atoms. The second-order valence-corrected chi connectivity index (χ2v) is 5.30. The van der Waals surface area contributed by atoms with Crippen LogP contribution in [0.1, 0.15) is 12.5 Å². The Bertz CT molecular complexity index is 424. The van der Waals surface area contributed by atoms with E-state index in [2.05, 4.69) is 20.7 Å². The third-order valence-electron chi connectivity index (χ3n) is 2.04. The van der Waals surface area contributed by atoms with Crippen LogP contribution in [0.15, 0.2) is 27.6 Å². The third-order valence-corrected chi connectivity index (χ3v) is 3.91. The van der Waals surface area contributed by atoms with E-state index in [0.717, 1.165) is 17.8 Å². The molecule has 6 heteroatoms. The lowest BCUT2D eigenvalue weighted by Gasteiger charge is -2.15. The maximum Gasteiger partial charge on any atom is 0.381 e. The van der Waals surface area contributed by atoms with Crippen LogP contribution >= 0.6 is 27.7 Å². The first kappa shape index (κ1) is 14.4. The number of hydrogen-bond acceptors (Lipinski definition) is 3. The van der Waals surface area contributed by atoms with Crippen LogP contribution < -0.4 is 0 Å². The molecule has 0 heterocycles. The molecule has 17 heavy (non-hydrogen) atoms. The van der Waals surface area contributed by atoms with Gasteiger partial charge in [-0.05, 0) is 33.8 Å². The summed E-state index contributed by atoms with van der Waals surface area (Å²) in [6.45, 7) is 1.97. The minimum absolute atomic E-state index is 0.378. The first-order valence-electron chi connectivity index (χ1n) is 4.82. The van der Waals surface area contributed by atoms with Crippen LogP contribution in [0.2, 0.25) is 0 Å². The van der Waals surface area contributed by atoms with Gasteiger partial charge in [-0.25, -0.2) is 4.79 Å². The number of benzene rings is 1. The van der Waals surface area contributed by atoms with Gasteiger partial charge in [0.15, 0.2) is 0 Å². The fourth-order valence-electron chi connectivity index (χ4n) is 1.21. The molecule has 0 unspecified atom stereocenters. The average molecular weight is 325 g/mol. The highest BCUT2D eigenvalue weighted by Gasteiger charge is 2.42. The fourth-order valence-corrected chi connectivity index (χ4v) is 2.61. The molecule has 1 aromatic carbocycles. The highest BCUT2D eigenvalue weighted by atomic mass is 79.9. The number of halogens is 3. The van der Waals surface area contributed by atoms with Crippen molar-refractivity contribution in [2.45, 2.75) is 17.7 Å². The number of thioether (sulfide) groups is 1. The lowest BCUT2D eigenvalue weighted by atomic mass is 10.1. The topological polar surface area (TPSA) is 26.3 Å². The lowest BCUT2D eigenvalue weighted by molar-refractivity contribution is -0.170. The van der Waals surface area contributed by atoms with Crippen molar-refractivity contribution in [1.29, 1.82) is 0 Å². The molecule has 0 aliphatic rings. The highest BCUT2D eigenvalue weighted by molar-refractivity contribution is 9.10. The van der Waals surface area contributed by atoms with E-state index < -0.39 is 11.9 Å². The number of alkyl halides is 2. The molecule has 2 nitrogen and oxygen atoms in total. The summed E-state index contributed by atoms with van der Waals surface area (Å²) in [7, 11) is 0.937. The first-order chi connectivity index (χ1) is 7.93. The van der Waals surface area contributed by atoms with E-state index in [1.807, 2.05) is 6.92 Å². The number of esters is 1. The summed E-state index contributed by atoms with van der Waals surface area (Å²) >= 11 is 4.73. The molecule has 0 atom stereocenters. The summed E-state index contributed by atoms with van der Waals surface area (Å²) in [4.78, 5) is 11.8. The molecule has 0 bridgehead atoms. The monoisotopic (exact) mass is 324 g/mol. The molecule has 0 saturated heterocycles. The standard InChI is InChI=1S/C11H11BrF2O2S/c1-3-17-9-5-4-7(6-8(9)12)11(13,14)10(15)16-2/h4-6H,3H2,1-2H3. The molecular weight excluding hydrogens is 314 g/mol. The van der Waals surface area contributed by atoms with Gasteiger partial charge in [-0.2, -0.15) is 8.78 Å². The minimum Gasteiger partial charge on any atom is -0.464 e. The van der Waals surface area contributed by atoms with Gasteiger partial charge in [0, 0.05) is 14.9 Å². The fraction of sp³-hybridized carbons (Fsp3) is 0.364. The third kappa shape index (κ3) is 3.19. The summed E-state index contributed by atoms with van der Waals surface area (Å²) in [5.74, 6) is -4.34. The molecule has 0 aliphatic heterocycles. The maximum absolute atomic E-state index is 13.5. The van der Waals surface area contributed by atoms with Gasteiger partial charge in [0.1, 0.15) is 0 Å². The van der Waals surface area contributed by atoms with Crippen LogP contribution in [-0.4, -0.2) is 18.8 Å². The Labute approximate surface area is 111 Å². The van der Waals surface area contributed by atoms with Crippen LogP contribution in [-0.2, 0) is 15.5 Å². The van der Waals surface area contributed by atoms with E-state index >= 15 is 0 Å². The summed E-state index contributed by atoms with van der Waals surface area (Å²) in [6.07, 6.45) is 0. The van der Waals surface area contributed by atoms with Crippen LogP contribution in [0.4, 0.5) is 8.78 Å². The Morgan fingerprint density at radius 2 is 2.18 bits per heavy atom. The van der Waals surface area contributed by atoms with Crippen molar-refractivity contribution in [3.63, 3.8) is 0 Å². The first-order valence-corrected chi connectivity index (χ1v) is 6.60. The normalized spacial score (nSPS) is 11.4. The van der Waals surface area contributed by atoms with Gasteiger partial charge in [-0.15, -0.1) is 11.8 Å². The highest BCUT2D eigenvalue weighted by Crippen LogP contribution is 2.35. The molecule has 0 fully saturated rings. The van der Waals surface area contributed by atoms with Gasteiger partial charge in [0.2, 0.25) is 0 Å². The van der Waals surface area contributed by atoms with E-state index in [9.17, 15) is 13.6 Å². The van der Waals surface area contributed by atoms with Gasteiger partial charge in [0.25, 0.3) is 0 Å². The summed E-state index contributed by atoms with van der Waals surface area (Å²) in [6, 6.07) is 4.04. The molecular formula is C11H11BrF2O2S. The summed E-state index contributed by atoms with van der Waals surface area (Å²) in [5.41, 5.74) is -0.378. The van der Waals surface area contributed by atoms with Crippen molar-refractivity contribution in [3.05, 3.63) is 28.2 Å². The number of methoxy groups -OCH3 is 1. The van der Waals surface area contributed by atoms with Crippen molar-refractivity contribution in [1.82, 2.24) is 0 Å². The Morgan fingerprint density at radius 3 is 2.65 bits per heavy atom. The van der Waals surface area contributed by atoms with Crippen molar-refractivity contribution in [2.75, 3.05) is 12.9 Å². The summed E-state index contributed by atoms with van der Waals surface area (Å²) < 4.78 is 31.7. The molecule has 1 aromatic rings. The van der Waals surface area contributed by atoms with E-state index in [-0.39, 0.29) is 5.56 Å². The van der Waals surface area contributed by atoms with Gasteiger partial charge >= 0.3 is 11.9 Å². The van der Waals surface area contributed by atoms with Gasteiger partial charge in [-0.3, -0.25) is 0 Å². The molecule has 0 aromatic heterocycles. The molecule has 94 valence electrons. The minimum atomic E-state index is -3.62. The van der Waals surface area contributed by atoms with Crippen molar-refractivity contribution >= 4 is 33.7 Å². The largest absolute Gasteiger partial charge is 0.464 e. The Balaban J connectivity index is 3.08. The van der Waals surface area contributed by atoms with Gasteiger partial charge in [0.05, 0.1) is 7.11 Å². The van der Waals surface area contributed by atoms with E-state index in [1.165, 1.54) is 23.9 Å². The number of ether oxygens (including phenoxy) is 1. The van der Waals surface area contributed by atoms with E-state index in [0.29, 0.717) is 4.47 Å². The van der Waals surface area contributed by atoms with Gasteiger partial charge in [-0.1, -0.05) is 13.0 Å². The molecule has 0 saturated carbocycles. The zero-order chi connectivity index (χ0) is 13.1. The lowest BCUT2D eigenvalue weighted by Crippen LogP contribution is -2.27. The summed E-state index contributed by atoms with van der Waals surface area (Å²) in [5, 5.41) is 0. The van der Waals surface area contributed by atoms with Gasteiger partial charge < -0.3 is 4.74 Å². The van der Waals surface area contributed by atoms with Crippen molar-refractivity contribution < 1.29 is 18.3 Å². The predicted molar refractivity (Wildman–Crippen MR) is 66.5 cm³/mol. The molecule has 0 aliphatic carbocycles. The van der Waals surface area contributed by atoms with Crippen LogP contribution in [0.3, 0.4) is 0 Å². The number of carbonyl (C=O) groups is 1. The number of carbonyl (C=O) groups excluding carboxylic acids is 1. The SMILES string of the molecule is CCSc1ccc(C(F)(F)C(=O)OC)cc1Br. The van der Waals surface area contributed by atoms with Crippen LogP contribution in [0.25, 0.3) is 0 Å². The van der Waals surface area contributed by atoms with Crippen LogP contribution in [0.5, 0.6) is 0 Å². The predicted octanol–water partition coefficient (Wildman–Crippen LogP) is 3.83. The molecule has 1 rings (SSSR count). The maximum atomic E-state index is 13.5. The Hall–Kier alpha value is -0.620. The second kappa shape index (κ2) is 5.82. The van der Waals surface area contributed by atoms with E-state index in [4.69, 9.17) is 0 Å². The molecule has 0 amide bonds. The Morgan fingerprint density at radius 1 is 1.53 bits per heavy atom. The average Bonchev–Trinajstić information content (AvgIpc) is 2.30. The smallest absolute Gasteiger partial charge is 0.381 e. The quantitative estimate of drug-likeness (QED) is 0.622. The Kier molecular flexibility index (Phi) is 4.94. The molecule has 0 radical (unpaired) electrons. The number of rotatable bonds is 4. The van der Waals surface area contributed by atoms with Crippen molar-refractivity contribution in [3.8, 4) is 0 Å². The van der Waals surface area contributed by atoms with E-state index in [1.54, 1.807) is 6.07 Å². The van der Waals surface area contributed by atoms with Crippen LogP contribution in [0, 0.1) is 0 Å². The zero-order valence-corrected chi connectivity index (χ0v) is 11.7. The molecule has 0 N–H and O–H groups in total. The number of hydrogen-bond donors (Lipinski definition) is 0.